The van der Waals surface area contributed by atoms with Gasteiger partial charge in [0.25, 0.3) is 0 Å². The van der Waals surface area contributed by atoms with Crippen LogP contribution in [0.1, 0.15) is 19.8 Å². The van der Waals surface area contributed by atoms with Crippen LogP contribution in [0.15, 0.2) is 21.7 Å². The van der Waals surface area contributed by atoms with Gasteiger partial charge < -0.3 is 15.3 Å². The molecule has 2 unspecified atom stereocenters. The molecular formula is C15H26N2O3S2. The molecule has 2 atom stereocenters. The number of sulfone groups is 1. The molecule has 1 aromatic rings. The van der Waals surface area contributed by atoms with Gasteiger partial charge in [-0.15, -0.1) is 11.3 Å². The number of hydrogen-bond donors (Lipinski definition) is 2. The number of nitrogens with zero attached hydrogens (tertiary/aromatic N) is 1. The Kier molecular flexibility index (Phi) is 6.40. The summed E-state index contributed by atoms with van der Waals surface area (Å²) in [6.07, 6.45) is 1.42. The SMILES string of the molecule is CC(NCC(O)CS(=O)(=O)c1cccs1)C1CCN(C)CC1. The van der Waals surface area contributed by atoms with Crippen molar-refractivity contribution in [1.82, 2.24) is 10.2 Å². The van der Waals surface area contributed by atoms with Crippen LogP contribution >= 0.6 is 11.3 Å². The molecular weight excluding hydrogens is 320 g/mol. The Balaban J connectivity index is 1.76. The average molecular weight is 347 g/mol. The maximum Gasteiger partial charge on any atom is 0.190 e. The van der Waals surface area contributed by atoms with Gasteiger partial charge in [-0.2, -0.15) is 0 Å². The predicted molar refractivity (Wildman–Crippen MR) is 90.1 cm³/mol. The van der Waals surface area contributed by atoms with E-state index < -0.39 is 15.9 Å². The molecule has 126 valence electrons. The van der Waals surface area contributed by atoms with Gasteiger partial charge >= 0.3 is 0 Å². The van der Waals surface area contributed by atoms with Crippen molar-refractivity contribution < 1.29 is 13.5 Å². The zero-order valence-corrected chi connectivity index (χ0v) is 14.9. The molecule has 1 saturated heterocycles. The molecule has 0 spiro atoms. The molecule has 1 aliphatic rings. The highest BCUT2D eigenvalue weighted by Gasteiger charge is 2.24. The molecule has 0 aromatic carbocycles. The summed E-state index contributed by atoms with van der Waals surface area (Å²) in [5, 5.41) is 15.1. The maximum absolute atomic E-state index is 12.1. The third-order valence-corrected chi connectivity index (χ3v) is 7.64. The molecule has 0 bridgehead atoms. The van der Waals surface area contributed by atoms with Gasteiger partial charge in [0.1, 0.15) is 4.21 Å². The minimum atomic E-state index is -3.37. The van der Waals surface area contributed by atoms with Crippen molar-refractivity contribution in [3.8, 4) is 0 Å². The van der Waals surface area contributed by atoms with Gasteiger partial charge in [0.05, 0.1) is 11.9 Å². The number of thiophene rings is 1. The highest BCUT2D eigenvalue weighted by molar-refractivity contribution is 7.93. The fourth-order valence-electron chi connectivity index (χ4n) is 2.85. The summed E-state index contributed by atoms with van der Waals surface area (Å²) >= 11 is 1.20. The molecule has 22 heavy (non-hydrogen) atoms. The number of hydrogen-bond acceptors (Lipinski definition) is 6. The molecule has 1 fully saturated rings. The Labute approximate surface area is 137 Å². The van der Waals surface area contributed by atoms with Gasteiger partial charge in [-0.1, -0.05) is 6.07 Å². The summed E-state index contributed by atoms with van der Waals surface area (Å²) in [5.74, 6) is 0.373. The minimum absolute atomic E-state index is 0.222. The van der Waals surface area contributed by atoms with E-state index in [4.69, 9.17) is 0 Å². The summed E-state index contributed by atoms with van der Waals surface area (Å²) in [7, 11) is -1.24. The van der Waals surface area contributed by atoms with E-state index in [1.54, 1.807) is 17.5 Å². The number of aliphatic hydroxyl groups excluding tert-OH is 1. The van der Waals surface area contributed by atoms with Crippen molar-refractivity contribution in [2.75, 3.05) is 32.4 Å². The minimum Gasteiger partial charge on any atom is -0.391 e. The molecule has 1 aromatic heterocycles. The predicted octanol–water partition coefficient (Wildman–Crippen LogP) is 1.20. The third kappa shape index (κ3) is 5.03. The number of piperidine rings is 1. The number of nitrogens with one attached hydrogen (secondary N) is 1. The molecule has 1 aliphatic heterocycles. The van der Waals surface area contributed by atoms with E-state index in [0.717, 1.165) is 25.9 Å². The monoisotopic (exact) mass is 346 g/mol. The largest absolute Gasteiger partial charge is 0.391 e. The second-order valence-electron chi connectivity index (χ2n) is 6.20. The molecule has 5 nitrogen and oxygen atoms in total. The molecule has 0 aliphatic carbocycles. The van der Waals surface area contributed by atoms with E-state index >= 15 is 0 Å². The van der Waals surface area contributed by atoms with Crippen LogP contribution < -0.4 is 5.32 Å². The summed E-state index contributed by atoms with van der Waals surface area (Å²) in [6, 6.07) is 3.60. The molecule has 7 heteroatoms. The molecule has 0 radical (unpaired) electrons. The van der Waals surface area contributed by atoms with Gasteiger partial charge in [-0.25, -0.2) is 8.42 Å². The van der Waals surface area contributed by atoms with Crippen LogP contribution in [0.3, 0.4) is 0 Å². The summed E-state index contributed by atoms with van der Waals surface area (Å²) in [4.78, 5) is 2.33. The quantitative estimate of drug-likeness (QED) is 0.776. The van der Waals surface area contributed by atoms with Crippen LogP contribution in [0.2, 0.25) is 0 Å². The van der Waals surface area contributed by atoms with E-state index in [9.17, 15) is 13.5 Å². The molecule has 2 heterocycles. The summed E-state index contributed by atoms with van der Waals surface area (Å²) < 4.78 is 24.5. The van der Waals surface area contributed by atoms with Crippen LogP contribution in [0.4, 0.5) is 0 Å². The highest BCUT2D eigenvalue weighted by Crippen LogP contribution is 2.20. The third-order valence-electron chi connectivity index (χ3n) is 4.36. The first kappa shape index (κ1) is 17.9. The van der Waals surface area contributed by atoms with Crippen molar-refractivity contribution in [2.24, 2.45) is 5.92 Å². The summed E-state index contributed by atoms with van der Waals surface area (Å²) in [5.41, 5.74) is 0. The van der Waals surface area contributed by atoms with E-state index in [2.05, 4.69) is 24.2 Å². The number of likely N-dealkylation sites (tertiary alicyclic amines) is 1. The molecule has 0 amide bonds. The van der Waals surface area contributed by atoms with Gasteiger partial charge in [0, 0.05) is 12.6 Å². The zero-order chi connectivity index (χ0) is 16.2. The topological polar surface area (TPSA) is 69.6 Å². The van der Waals surface area contributed by atoms with Crippen molar-refractivity contribution in [1.29, 1.82) is 0 Å². The summed E-state index contributed by atoms with van der Waals surface area (Å²) in [6.45, 7) is 4.65. The lowest BCUT2D eigenvalue weighted by Crippen LogP contribution is -2.44. The van der Waals surface area contributed by atoms with Crippen LogP contribution in [0.5, 0.6) is 0 Å². The molecule has 2 N–H and O–H groups in total. The van der Waals surface area contributed by atoms with Crippen LogP contribution in [-0.4, -0.2) is 63.0 Å². The van der Waals surface area contributed by atoms with Gasteiger partial charge in [-0.05, 0) is 57.3 Å². The fraction of sp³-hybridized carbons (Fsp3) is 0.733. The smallest absolute Gasteiger partial charge is 0.190 e. The Hall–Kier alpha value is -0.470. The highest BCUT2D eigenvalue weighted by atomic mass is 32.2. The van der Waals surface area contributed by atoms with Crippen molar-refractivity contribution >= 4 is 21.2 Å². The first-order valence-corrected chi connectivity index (χ1v) is 10.3. The first-order valence-electron chi connectivity index (χ1n) is 7.75. The second kappa shape index (κ2) is 7.88. The lowest BCUT2D eigenvalue weighted by Gasteiger charge is -2.33. The fourth-order valence-corrected chi connectivity index (χ4v) is 5.33. The number of rotatable bonds is 7. The van der Waals surface area contributed by atoms with E-state index in [-0.39, 0.29) is 5.75 Å². The second-order valence-corrected chi connectivity index (χ2v) is 9.41. The van der Waals surface area contributed by atoms with Crippen LogP contribution in [-0.2, 0) is 9.84 Å². The lowest BCUT2D eigenvalue weighted by atomic mass is 9.90. The van der Waals surface area contributed by atoms with Gasteiger partial charge in [0.2, 0.25) is 0 Å². The van der Waals surface area contributed by atoms with E-state index in [1.807, 2.05) is 0 Å². The van der Waals surface area contributed by atoms with E-state index in [0.29, 0.717) is 22.7 Å². The normalized spacial score (nSPS) is 20.9. The van der Waals surface area contributed by atoms with Gasteiger partial charge in [0.15, 0.2) is 9.84 Å². The lowest BCUT2D eigenvalue weighted by molar-refractivity contribution is 0.161. The first-order chi connectivity index (χ1) is 10.4. The average Bonchev–Trinajstić information content (AvgIpc) is 3.00. The van der Waals surface area contributed by atoms with Gasteiger partial charge in [-0.3, -0.25) is 0 Å². The van der Waals surface area contributed by atoms with Crippen LogP contribution in [0.25, 0.3) is 0 Å². The Morgan fingerprint density at radius 1 is 1.45 bits per heavy atom. The molecule has 0 saturated carbocycles. The Morgan fingerprint density at radius 2 is 2.14 bits per heavy atom. The Bertz CT molecular complexity index is 537. The maximum atomic E-state index is 12.1. The van der Waals surface area contributed by atoms with Crippen molar-refractivity contribution in [3.05, 3.63) is 17.5 Å². The van der Waals surface area contributed by atoms with Crippen LogP contribution in [0, 0.1) is 5.92 Å². The van der Waals surface area contributed by atoms with Crippen molar-refractivity contribution in [3.63, 3.8) is 0 Å². The Morgan fingerprint density at radius 3 is 2.73 bits per heavy atom. The van der Waals surface area contributed by atoms with Crippen molar-refractivity contribution in [2.45, 2.75) is 36.1 Å². The number of aliphatic hydroxyl groups is 1. The zero-order valence-electron chi connectivity index (χ0n) is 13.2. The van der Waals surface area contributed by atoms with E-state index in [1.165, 1.54) is 11.3 Å². The standard InChI is InChI=1S/C15H26N2O3S2/c1-12(13-5-7-17(2)8-6-13)16-10-14(18)11-22(19,20)15-4-3-9-21-15/h3-4,9,12-14,16,18H,5-8,10-11H2,1-2H3. The molecule has 2 rings (SSSR count).